The van der Waals surface area contributed by atoms with Crippen molar-refractivity contribution in [2.24, 2.45) is 0 Å². The Balaban J connectivity index is 2.25. The minimum Gasteiger partial charge on any atom is -0.0821 e. The van der Waals surface area contributed by atoms with E-state index in [4.69, 9.17) is 0 Å². The Labute approximate surface area is 440 Å². The molecule has 0 bridgehead atoms. The molecule has 1 aliphatic rings. The number of hydrogen-bond acceptors (Lipinski definition) is 0. The molecule has 71 heavy (non-hydrogen) atoms. The molecule has 0 amide bonds. The first-order chi connectivity index (χ1) is 33.2. The van der Waals surface area contributed by atoms with Crippen molar-refractivity contribution < 1.29 is 0 Å². The summed E-state index contributed by atoms with van der Waals surface area (Å²) in [5.41, 5.74) is 23.7. The first-order valence-corrected chi connectivity index (χ1v) is 35.5. The van der Waals surface area contributed by atoms with Gasteiger partial charge in [-0.05, 0) is 169 Å². The van der Waals surface area contributed by atoms with E-state index < -0.39 is 22.9 Å². The monoisotopic (exact) mass is 999 g/mol. The Hall–Kier alpha value is -3.51. The summed E-state index contributed by atoms with van der Waals surface area (Å²) in [6, 6.07) is 33.8. The van der Waals surface area contributed by atoms with E-state index in [1.54, 1.807) is 70.5 Å². The van der Waals surface area contributed by atoms with Gasteiger partial charge in [0.05, 0.1) is 7.89 Å². The number of rotatable bonds is 17. The summed E-state index contributed by atoms with van der Waals surface area (Å²) >= 11 is 0. The van der Waals surface area contributed by atoms with Crippen LogP contribution in [-0.2, 0) is 0 Å². The van der Waals surface area contributed by atoms with E-state index in [-0.39, 0.29) is 0 Å². The summed E-state index contributed by atoms with van der Waals surface area (Å²) in [4.78, 5) is 0. The van der Waals surface area contributed by atoms with Gasteiger partial charge in [0.15, 0.2) is 7.59 Å². The SMILES string of the molecule is CC(C)c1cc(C(C)C)c([Si]2=[Si](c3c(C(C)C)cc(C(C)C)cc3C(C)C)[Si](c3c(C(C)C)cc(C(C)C)cc3C(C)C)(c3c(C(C)C)cc(C(C)C)cc3C(C)C)C=C2c2ccccc2)c(C(C)C)c1. The lowest BCUT2D eigenvalue weighted by molar-refractivity contribution is 0.809. The van der Waals surface area contributed by atoms with Gasteiger partial charge in [-0.2, -0.15) is 0 Å². The van der Waals surface area contributed by atoms with Gasteiger partial charge < -0.3 is 0 Å². The molecule has 5 aromatic carbocycles. The summed E-state index contributed by atoms with van der Waals surface area (Å²) in [5, 5.41) is 8.82. The molecule has 1 aliphatic heterocycles. The van der Waals surface area contributed by atoms with Crippen LogP contribution >= 0.6 is 0 Å². The molecule has 0 saturated carbocycles. The highest BCUT2D eigenvalue weighted by Crippen LogP contribution is 2.41. The van der Waals surface area contributed by atoms with Crippen molar-refractivity contribution in [3.05, 3.63) is 157 Å². The Kier molecular flexibility index (Phi) is 18.0. The number of hydrogen-bond donors (Lipinski definition) is 0. The van der Waals surface area contributed by atoms with Crippen molar-refractivity contribution in [2.45, 2.75) is 237 Å². The Morgan fingerprint density at radius 3 is 0.803 bits per heavy atom. The van der Waals surface area contributed by atoms with Crippen LogP contribution in [0, 0.1) is 0 Å². The molecule has 0 aliphatic carbocycles. The highest BCUT2D eigenvalue weighted by atomic mass is 29.4. The largest absolute Gasteiger partial charge is 0.151 e. The second-order valence-electron chi connectivity index (χ2n) is 25.6. The number of benzene rings is 5. The molecule has 0 atom stereocenters. The fourth-order valence-corrected chi connectivity index (χ4v) is 44.8. The predicted molar refractivity (Wildman–Crippen MR) is 325 cm³/mol. The molecule has 0 saturated heterocycles. The minimum atomic E-state index is -3.16. The van der Waals surface area contributed by atoms with Crippen LogP contribution in [0.1, 0.15) is 310 Å². The highest BCUT2D eigenvalue weighted by molar-refractivity contribution is 7.61. The average molecular weight is 1000 g/mol. The van der Waals surface area contributed by atoms with Gasteiger partial charge in [0.2, 0.25) is 0 Å². The smallest absolute Gasteiger partial charge is 0.0821 e. The molecule has 6 rings (SSSR count). The van der Waals surface area contributed by atoms with Crippen LogP contribution in [-0.4, -0.2) is 22.9 Å². The van der Waals surface area contributed by atoms with E-state index in [9.17, 15) is 0 Å². The fraction of sp³-hybridized carbons (Fsp3) is 0.529. The molecule has 0 nitrogen and oxygen atoms in total. The van der Waals surface area contributed by atoms with Crippen molar-refractivity contribution in [3.8, 4) is 0 Å². The molecule has 382 valence electrons. The first kappa shape index (κ1) is 56.8. The standard InChI is InChI=1S/C68H98Si3/c1-39(2)52-30-56(43(9)10)65(57(31-52)44(11)12)69-64(51-28-26-25-27-29-51)38-71(67-60(47(17)18)34-54(41(5)6)35-61(67)48(19)20,68-62(49(21)22)36-55(42(7)8)37-63(68)50(23)24)70(69)66-58(45(13)14)32-53(40(3)4)33-59(66)46(15)16/h25-50H,1-24H3. The molecule has 0 N–H and O–H groups in total. The maximum Gasteiger partial charge on any atom is 0.151 e. The third-order valence-corrected chi connectivity index (χ3v) is 39.0. The Morgan fingerprint density at radius 2 is 0.549 bits per heavy atom. The summed E-state index contributed by atoms with van der Waals surface area (Å²) in [7, 11) is -6.40. The van der Waals surface area contributed by atoms with E-state index in [1.807, 2.05) is 0 Å². The summed E-state index contributed by atoms with van der Waals surface area (Å²) in [6.07, 6.45) is 0. The van der Waals surface area contributed by atoms with E-state index in [0.717, 1.165) is 0 Å². The maximum atomic E-state index is 3.20. The van der Waals surface area contributed by atoms with E-state index in [2.05, 4.69) is 251 Å². The van der Waals surface area contributed by atoms with E-state index in [0.29, 0.717) is 71.0 Å². The van der Waals surface area contributed by atoms with Gasteiger partial charge in [-0.15, -0.1) is 0 Å². The van der Waals surface area contributed by atoms with Crippen molar-refractivity contribution in [1.29, 1.82) is 0 Å². The molecule has 5 aromatic rings. The van der Waals surface area contributed by atoms with Gasteiger partial charge in [-0.25, -0.2) is 0 Å². The zero-order chi connectivity index (χ0) is 52.9. The summed E-state index contributed by atoms with van der Waals surface area (Å²) < 4.78 is 0. The van der Waals surface area contributed by atoms with Crippen LogP contribution in [0.25, 0.3) is 5.20 Å². The summed E-state index contributed by atoms with van der Waals surface area (Å²) in [6.45, 7) is 59.9. The molecular weight excluding hydrogens is 901 g/mol. The molecule has 3 heteroatoms. The van der Waals surface area contributed by atoms with Gasteiger partial charge in [-0.1, -0.05) is 251 Å². The molecule has 0 aromatic heterocycles. The topological polar surface area (TPSA) is 0 Å². The molecule has 0 unspecified atom stereocenters. The minimum absolute atomic E-state index is 0.360. The van der Waals surface area contributed by atoms with E-state index in [1.165, 1.54) is 27.8 Å². The molecule has 0 radical (unpaired) electrons. The first-order valence-electron chi connectivity index (χ1n) is 28.4. The molecule has 1 heterocycles. The zero-order valence-electron chi connectivity index (χ0n) is 49.5. The third-order valence-electron chi connectivity index (χ3n) is 16.2. The van der Waals surface area contributed by atoms with Crippen LogP contribution in [0.2, 0.25) is 0 Å². The van der Waals surface area contributed by atoms with Crippen LogP contribution in [0.5, 0.6) is 0 Å². The maximum absolute atomic E-state index is 3.20. The average Bonchev–Trinajstić information content (AvgIpc) is 3.65. The molecular formula is C68H98Si3. The van der Waals surface area contributed by atoms with Gasteiger partial charge >= 0.3 is 0 Å². The van der Waals surface area contributed by atoms with E-state index >= 15 is 0 Å². The van der Waals surface area contributed by atoms with Crippen LogP contribution < -0.4 is 20.7 Å². The Morgan fingerprint density at radius 1 is 0.296 bits per heavy atom. The third kappa shape index (κ3) is 10.9. The van der Waals surface area contributed by atoms with Crippen LogP contribution in [0.15, 0.2) is 84.6 Å². The predicted octanol–water partition coefficient (Wildman–Crippen LogP) is 17.9. The lowest BCUT2D eigenvalue weighted by Gasteiger charge is -2.42. The van der Waals surface area contributed by atoms with Crippen LogP contribution in [0.4, 0.5) is 0 Å². The Bertz CT molecular complexity index is 2570. The second kappa shape index (κ2) is 22.5. The zero-order valence-corrected chi connectivity index (χ0v) is 52.5. The fourth-order valence-electron chi connectivity index (χ4n) is 12.0. The van der Waals surface area contributed by atoms with Crippen molar-refractivity contribution >= 4 is 48.8 Å². The van der Waals surface area contributed by atoms with Gasteiger partial charge in [-0.3, -0.25) is 0 Å². The van der Waals surface area contributed by atoms with Gasteiger partial charge in [0.25, 0.3) is 0 Å². The normalized spacial score (nSPS) is 14.5. The van der Waals surface area contributed by atoms with Gasteiger partial charge in [0, 0.05) is 7.41 Å². The quantitative estimate of drug-likeness (QED) is 0.0815. The highest BCUT2D eigenvalue weighted by Gasteiger charge is 2.54. The second-order valence-corrected chi connectivity index (χ2v) is 39.9. The lowest BCUT2D eigenvalue weighted by Crippen LogP contribution is -2.73. The van der Waals surface area contributed by atoms with Crippen molar-refractivity contribution in [2.75, 3.05) is 0 Å². The molecule has 0 spiro atoms. The summed E-state index contributed by atoms with van der Waals surface area (Å²) in [5.74, 6) is 4.74. The lowest BCUT2D eigenvalue weighted by atomic mass is 9.89. The van der Waals surface area contributed by atoms with Gasteiger partial charge in [0.1, 0.15) is 0 Å². The van der Waals surface area contributed by atoms with Crippen molar-refractivity contribution in [3.63, 3.8) is 0 Å². The molecule has 0 fully saturated rings. The van der Waals surface area contributed by atoms with Crippen molar-refractivity contribution in [1.82, 2.24) is 0 Å². The van der Waals surface area contributed by atoms with Crippen LogP contribution in [0.3, 0.4) is 0 Å².